The van der Waals surface area contributed by atoms with E-state index < -0.39 is 5.97 Å². The number of benzene rings is 2. The molecule has 1 aliphatic carbocycles. The Hall–Kier alpha value is -2.55. The lowest BCUT2D eigenvalue weighted by Gasteiger charge is -2.22. The van der Waals surface area contributed by atoms with Crippen molar-refractivity contribution in [1.82, 2.24) is 4.57 Å². The smallest absolute Gasteiger partial charge is 0.337 e. The van der Waals surface area contributed by atoms with E-state index in [1.807, 2.05) is 24.3 Å². The molecule has 0 fully saturated rings. The first-order chi connectivity index (χ1) is 11.7. The molecule has 3 aromatic rings. The van der Waals surface area contributed by atoms with E-state index in [9.17, 15) is 9.90 Å². The lowest BCUT2D eigenvalue weighted by molar-refractivity contribution is 0.0698. The first-order valence-electron chi connectivity index (χ1n) is 8.58. The number of rotatable bonds is 3. The van der Waals surface area contributed by atoms with E-state index in [0.29, 0.717) is 11.5 Å². The van der Waals surface area contributed by atoms with Crippen molar-refractivity contribution >= 4 is 16.9 Å². The zero-order valence-corrected chi connectivity index (χ0v) is 13.8. The van der Waals surface area contributed by atoms with Crippen LogP contribution in [-0.4, -0.2) is 15.6 Å². The van der Waals surface area contributed by atoms with Gasteiger partial charge in [0.2, 0.25) is 0 Å². The van der Waals surface area contributed by atoms with E-state index in [4.69, 9.17) is 0 Å². The molecule has 1 N–H and O–H groups in total. The van der Waals surface area contributed by atoms with Crippen LogP contribution in [0.4, 0.5) is 0 Å². The predicted octanol–water partition coefficient (Wildman–Crippen LogP) is 4.83. The van der Waals surface area contributed by atoms with Gasteiger partial charge in [-0.15, -0.1) is 0 Å². The third-order valence-electron chi connectivity index (χ3n) is 5.18. The fourth-order valence-corrected chi connectivity index (χ4v) is 4.15. The summed E-state index contributed by atoms with van der Waals surface area (Å²) in [5, 5.41) is 10.8. The summed E-state index contributed by atoms with van der Waals surface area (Å²) in [4.78, 5) is 11.8. The zero-order valence-electron chi connectivity index (χ0n) is 13.8. The van der Waals surface area contributed by atoms with Gasteiger partial charge in [-0.3, -0.25) is 0 Å². The first-order valence-corrected chi connectivity index (χ1v) is 8.58. The number of aromatic carboxylic acids is 1. The molecular formula is C21H21NO2. The average molecular weight is 319 g/mol. The fourth-order valence-electron chi connectivity index (χ4n) is 4.15. The van der Waals surface area contributed by atoms with Crippen LogP contribution in [0.15, 0.2) is 48.5 Å². The highest BCUT2D eigenvalue weighted by molar-refractivity contribution is 6.04. The minimum atomic E-state index is -0.850. The Kier molecular flexibility index (Phi) is 3.64. The molecule has 1 atom stereocenters. The summed E-state index contributed by atoms with van der Waals surface area (Å²) in [5.74, 6) is -0.385. The molecule has 122 valence electrons. The molecular weight excluding hydrogens is 298 g/mol. The first kappa shape index (κ1) is 15.0. The maximum atomic E-state index is 11.8. The molecule has 3 nitrogen and oxygen atoms in total. The largest absolute Gasteiger partial charge is 0.478 e. The number of carboxylic acid groups (broad SMARTS) is 1. The summed E-state index contributed by atoms with van der Waals surface area (Å²) in [6.07, 6.45) is 3.39. The van der Waals surface area contributed by atoms with Crippen molar-refractivity contribution < 1.29 is 9.90 Å². The van der Waals surface area contributed by atoms with Crippen LogP contribution < -0.4 is 0 Å². The van der Waals surface area contributed by atoms with Gasteiger partial charge in [0.1, 0.15) is 0 Å². The molecule has 1 aromatic heterocycles. The van der Waals surface area contributed by atoms with E-state index in [2.05, 4.69) is 29.7 Å². The number of nitrogens with zero attached hydrogens (tertiary/aromatic N) is 1. The van der Waals surface area contributed by atoms with Crippen LogP contribution in [0.2, 0.25) is 0 Å². The van der Waals surface area contributed by atoms with E-state index >= 15 is 0 Å². The molecule has 3 heteroatoms. The topological polar surface area (TPSA) is 42.2 Å². The van der Waals surface area contributed by atoms with Crippen molar-refractivity contribution in [2.75, 3.05) is 0 Å². The van der Waals surface area contributed by atoms with Gasteiger partial charge in [-0.1, -0.05) is 49.4 Å². The van der Waals surface area contributed by atoms with Crippen LogP contribution in [0.1, 0.15) is 52.9 Å². The number of para-hydroxylation sites is 1. The van der Waals surface area contributed by atoms with Gasteiger partial charge in [-0.05, 0) is 42.4 Å². The van der Waals surface area contributed by atoms with Gasteiger partial charge >= 0.3 is 5.97 Å². The Labute approximate surface area is 141 Å². The highest BCUT2D eigenvalue weighted by Gasteiger charge is 2.27. The van der Waals surface area contributed by atoms with Crippen molar-refractivity contribution in [3.63, 3.8) is 0 Å². The summed E-state index contributed by atoms with van der Waals surface area (Å²) in [6.45, 7) is 2.99. The molecule has 2 aromatic carbocycles. The van der Waals surface area contributed by atoms with Gasteiger partial charge in [0.15, 0.2) is 0 Å². The number of aromatic nitrogens is 1. The molecule has 0 aliphatic heterocycles. The van der Waals surface area contributed by atoms with Crippen LogP contribution in [0.25, 0.3) is 10.9 Å². The molecule has 1 aliphatic rings. The minimum absolute atomic E-state index is 0.407. The summed E-state index contributed by atoms with van der Waals surface area (Å²) >= 11 is 0. The summed E-state index contributed by atoms with van der Waals surface area (Å²) in [6, 6.07) is 16.0. The second-order valence-corrected chi connectivity index (χ2v) is 6.74. The normalized spacial score (nSPS) is 17.0. The predicted molar refractivity (Wildman–Crippen MR) is 95.8 cm³/mol. The zero-order chi connectivity index (χ0) is 16.7. The highest BCUT2D eigenvalue weighted by atomic mass is 16.4. The Balaban J connectivity index is 2.02. The number of carboxylic acids is 1. The van der Waals surface area contributed by atoms with Gasteiger partial charge in [0.05, 0.1) is 11.1 Å². The van der Waals surface area contributed by atoms with Crippen molar-refractivity contribution in [2.24, 2.45) is 0 Å². The summed E-state index contributed by atoms with van der Waals surface area (Å²) in [5.41, 5.74) is 5.17. The quantitative estimate of drug-likeness (QED) is 0.751. The fraction of sp³-hybridized carbons (Fsp3) is 0.286. The third kappa shape index (κ3) is 2.32. The molecule has 0 saturated carbocycles. The second-order valence-electron chi connectivity index (χ2n) is 6.74. The Morgan fingerprint density at radius 2 is 1.96 bits per heavy atom. The minimum Gasteiger partial charge on any atom is -0.478 e. The maximum absolute atomic E-state index is 11.8. The Bertz CT molecular complexity index is 908. The molecule has 4 rings (SSSR count). The molecule has 0 radical (unpaired) electrons. The van der Waals surface area contributed by atoms with Gasteiger partial charge in [-0.25, -0.2) is 4.79 Å². The van der Waals surface area contributed by atoms with Crippen molar-refractivity contribution in [3.05, 3.63) is 70.9 Å². The Morgan fingerprint density at radius 1 is 1.17 bits per heavy atom. The second kappa shape index (κ2) is 5.82. The van der Waals surface area contributed by atoms with Crippen LogP contribution >= 0.6 is 0 Å². The van der Waals surface area contributed by atoms with E-state index in [1.54, 1.807) is 6.07 Å². The number of hydrogen-bond acceptors (Lipinski definition) is 1. The van der Waals surface area contributed by atoms with Crippen LogP contribution in [0, 0.1) is 0 Å². The molecule has 24 heavy (non-hydrogen) atoms. The number of hydrogen-bond donors (Lipinski definition) is 1. The Morgan fingerprint density at radius 3 is 2.71 bits per heavy atom. The molecule has 0 amide bonds. The average Bonchev–Trinajstić information content (AvgIpc) is 2.91. The van der Waals surface area contributed by atoms with E-state index in [1.165, 1.54) is 29.7 Å². The standard InChI is InChI=1S/C21H21NO2/c1-14-7-5-10-16-17-11-6-12-18(21(23)24)20(17)22(19(14)16)13-15-8-3-2-4-9-15/h2-4,6,8-9,11-12,14H,5,7,10,13H2,1H3,(H,23,24). The SMILES string of the molecule is CC1CCCc2c1n(Cc1ccccc1)c1c(C(=O)O)cccc21. The van der Waals surface area contributed by atoms with Crippen LogP contribution in [-0.2, 0) is 13.0 Å². The lowest BCUT2D eigenvalue weighted by atomic mass is 9.88. The third-order valence-corrected chi connectivity index (χ3v) is 5.18. The summed E-state index contributed by atoms with van der Waals surface area (Å²) in [7, 11) is 0. The highest BCUT2D eigenvalue weighted by Crippen LogP contribution is 2.39. The van der Waals surface area contributed by atoms with E-state index in [-0.39, 0.29) is 0 Å². The molecule has 1 unspecified atom stereocenters. The number of carbonyl (C=O) groups is 1. The molecule has 0 saturated heterocycles. The summed E-state index contributed by atoms with van der Waals surface area (Å²) < 4.78 is 2.26. The number of fused-ring (bicyclic) bond motifs is 3. The lowest BCUT2D eigenvalue weighted by Crippen LogP contribution is -2.13. The van der Waals surface area contributed by atoms with Crippen LogP contribution in [0.3, 0.4) is 0 Å². The van der Waals surface area contributed by atoms with Crippen molar-refractivity contribution in [3.8, 4) is 0 Å². The van der Waals surface area contributed by atoms with Crippen molar-refractivity contribution in [1.29, 1.82) is 0 Å². The van der Waals surface area contributed by atoms with Gasteiger partial charge in [0.25, 0.3) is 0 Å². The van der Waals surface area contributed by atoms with E-state index in [0.717, 1.165) is 23.9 Å². The number of aryl methyl sites for hydroxylation is 1. The molecule has 0 bridgehead atoms. The van der Waals surface area contributed by atoms with Crippen LogP contribution in [0.5, 0.6) is 0 Å². The monoisotopic (exact) mass is 319 g/mol. The maximum Gasteiger partial charge on any atom is 0.337 e. The van der Waals surface area contributed by atoms with Gasteiger partial charge in [0, 0.05) is 17.6 Å². The molecule has 1 heterocycles. The molecule has 0 spiro atoms. The van der Waals surface area contributed by atoms with Crippen molar-refractivity contribution in [2.45, 2.75) is 38.6 Å². The van der Waals surface area contributed by atoms with Gasteiger partial charge < -0.3 is 9.67 Å². The van der Waals surface area contributed by atoms with Gasteiger partial charge in [-0.2, -0.15) is 0 Å².